The van der Waals surface area contributed by atoms with Crippen LogP contribution >= 0.6 is 0 Å². The molecule has 0 atom stereocenters. The van der Waals surface area contributed by atoms with Crippen LogP contribution in [0.15, 0.2) is 30.9 Å². The van der Waals surface area contributed by atoms with Crippen LogP contribution in [0.5, 0.6) is 0 Å². The summed E-state index contributed by atoms with van der Waals surface area (Å²) in [5.74, 6) is -1.09. The van der Waals surface area contributed by atoms with Crippen LogP contribution in [0.3, 0.4) is 0 Å². The van der Waals surface area contributed by atoms with Crippen molar-refractivity contribution in [2.24, 2.45) is 0 Å². The monoisotopic (exact) mass is 194 g/mol. The van der Waals surface area contributed by atoms with Gasteiger partial charge in [0.05, 0.1) is 5.56 Å². The van der Waals surface area contributed by atoms with Gasteiger partial charge in [-0.05, 0) is 37.1 Å². The zero-order valence-corrected chi connectivity index (χ0v) is 8.27. The standard InChI is InChI=1S/C12H12F2/c1-4-9(5-2)12-10(13)6-8(3)7-11(12)14/h4-7H,1H2,2-3H3. The summed E-state index contributed by atoms with van der Waals surface area (Å²) in [4.78, 5) is 0. The highest BCUT2D eigenvalue weighted by molar-refractivity contribution is 5.74. The highest BCUT2D eigenvalue weighted by Crippen LogP contribution is 2.23. The average Bonchev–Trinajstić information content (AvgIpc) is 2.10. The molecule has 0 unspecified atom stereocenters. The summed E-state index contributed by atoms with van der Waals surface area (Å²) in [5, 5.41) is 0. The third kappa shape index (κ3) is 1.90. The molecule has 0 amide bonds. The molecule has 0 aliphatic carbocycles. The van der Waals surface area contributed by atoms with Crippen molar-refractivity contribution in [2.75, 3.05) is 0 Å². The van der Waals surface area contributed by atoms with Gasteiger partial charge in [-0.25, -0.2) is 8.78 Å². The van der Waals surface area contributed by atoms with Crippen molar-refractivity contribution >= 4 is 5.57 Å². The smallest absolute Gasteiger partial charge is 0.134 e. The number of allylic oxidation sites excluding steroid dienone is 3. The molecule has 74 valence electrons. The number of hydrogen-bond acceptors (Lipinski definition) is 0. The molecule has 0 radical (unpaired) electrons. The van der Waals surface area contributed by atoms with E-state index in [9.17, 15) is 8.78 Å². The van der Waals surface area contributed by atoms with Crippen LogP contribution in [-0.2, 0) is 0 Å². The Hall–Kier alpha value is -1.44. The van der Waals surface area contributed by atoms with E-state index >= 15 is 0 Å². The first-order chi connectivity index (χ1) is 6.60. The minimum Gasteiger partial charge on any atom is -0.206 e. The van der Waals surface area contributed by atoms with Crippen LogP contribution in [0.2, 0.25) is 0 Å². The molecule has 0 fully saturated rings. The molecule has 0 nitrogen and oxygen atoms in total. The maximum Gasteiger partial charge on any atom is 0.134 e. The molecule has 0 saturated heterocycles. The van der Waals surface area contributed by atoms with Gasteiger partial charge in [-0.1, -0.05) is 18.7 Å². The molecular formula is C12H12F2. The van der Waals surface area contributed by atoms with E-state index in [1.165, 1.54) is 18.2 Å². The van der Waals surface area contributed by atoms with Crippen LogP contribution in [0.25, 0.3) is 5.57 Å². The van der Waals surface area contributed by atoms with E-state index in [4.69, 9.17) is 0 Å². The minimum atomic E-state index is -0.546. The Kier molecular flexibility index (Phi) is 3.18. The number of aryl methyl sites for hydroxylation is 1. The van der Waals surface area contributed by atoms with Crippen molar-refractivity contribution in [3.8, 4) is 0 Å². The van der Waals surface area contributed by atoms with Crippen LogP contribution in [-0.4, -0.2) is 0 Å². The van der Waals surface area contributed by atoms with Crippen molar-refractivity contribution in [1.29, 1.82) is 0 Å². The maximum atomic E-state index is 13.4. The van der Waals surface area contributed by atoms with Crippen molar-refractivity contribution < 1.29 is 8.78 Å². The second-order valence-corrected chi connectivity index (χ2v) is 3.05. The van der Waals surface area contributed by atoms with E-state index in [2.05, 4.69) is 6.58 Å². The molecule has 0 aliphatic heterocycles. The van der Waals surface area contributed by atoms with Gasteiger partial charge in [0.25, 0.3) is 0 Å². The fraction of sp³-hybridized carbons (Fsp3) is 0.167. The summed E-state index contributed by atoms with van der Waals surface area (Å²) < 4.78 is 26.8. The van der Waals surface area contributed by atoms with E-state index in [-0.39, 0.29) is 5.56 Å². The Labute approximate surface area is 82.6 Å². The van der Waals surface area contributed by atoms with Crippen LogP contribution in [0.4, 0.5) is 8.78 Å². The van der Waals surface area contributed by atoms with Crippen molar-refractivity contribution in [3.05, 3.63) is 53.6 Å². The highest BCUT2D eigenvalue weighted by atomic mass is 19.1. The summed E-state index contributed by atoms with van der Waals surface area (Å²) in [6.07, 6.45) is 3.07. The molecule has 0 spiro atoms. The maximum absolute atomic E-state index is 13.4. The Morgan fingerprint density at radius 3 is 2.14 bits per heavy atom. The predicted molar refractivity (Wildman–Crippen MR) is 54.9 cm³/mol. The molecule has 14 heavy (non-hydrogen) atoms. The lowest BCUT2D eigenvalue weighted by molar-refractivity contribution is 0.575. The van der Waals surface area contributed by atoms with Gasteiger partial charge in [0.15, 0.2) is 0 Å². The molecule has 0 bridgehead atoms. The van der Waals surface area contributed by atoms with Gasteiger partial charge in [0, 0.05) is 0 Å². The highest BCUT2D eigenvalue weighted by Gasteiger charge is 2.11. The summed E-state index contributed by atoms with van der Waals surface area (Å²) in [6.45, 7) is 6.88. The van der Waals surface area contributed by atoms with Gasteiger partial charge in [-0.2, -0.15) is 0 Å². The molecule has 0 saturated carbocycles. The Morgan fingerprint density at radius 2 is 1.79 bits per heavy atom. The second kappa shape index (κ2) is 4.18. The lowest BCUT2D eigenvalue weighted by Gasteiger charge is -2.06. The predicted octanol–water partition coefficient (Wildman–Crippen LogP) is 3.86. The summed E-state index contributed by atoms with van der Waals surface area (Å²) in [6, 6.07) is 2.62. The molecule has 0 heterocycles. The average molecular weight is 194 g/mol. The van der Waals surface area contributed by atoms with Crippen molar-refractivity contribution in [3.63, 3.8) is 0 Å². The molecule has 2 heteroatoms. The number of halogens is 2. The molecule has 1 aromatic rings. The minimum absolute atomic E-state index is 0.00639. The van der Waals surface area contributed by atoms with Crippen LogP contribution in [0, 0.1) is 18.6 Å². The summed E-state index contributed by atoms with van der Waals surface area (Å²) in [7, 11) is 0. The van der Waals surface area contributed by atoms with Crippen LogP contribution < -0.4 is 0 Å². The third-order valence-corrected chi connectivity index (χ3v) is 2.01. The zero-order valence-electron chi connectivity index (χ0n) is 8.27. The number of benzene rings is 1. The lowest BCUT2D eigenvalue weighted by Crippen LogP contribution is -1.94. The first kappa shape index (κ1) is 10.6. The summed E-state index contributed by atoms with van der Waals surface area (Å²) >= 11 is 0. The van der Waals surface area contributed by atoms with Gasteiger partial charge < -0.3 is 0 Å². The largest absolute Gasteiger partial charge is 0.206 e. The Bertz CT molecular complexity index is 366. The van der Waals surface area contributed by atoms with Gasteiger partial charge in [0.1, 0.15) is 11.6 Å². The summed E-state index contributed by atoms with van der Waals surface area (Å²) in [5.41, 5.74) is 1.04. The molecular weight excluding hydrogens is 182 g/mol. The molecule has 0 N–H and O–H groups in total. The van der Waals surface area contributed by atoms with Gasteiger partial charge in [-0.15, -0.1) is 0 Å². The Morgan fingerprint density at radius 1 is 1.29 bits per heavy atom. The zero-order chi connectivity index (χ0) is 10.7. The number of rotatable bonds is 2. The fourth-order valence-electron chi connectivity index (χ4n) is 1.34. The van der Waals surface area contributed by atoms with Crippen molar-refractivity contribution in [1.82, 2.24) is 0 Å². The van der Waals surface area contributed by atoms with E-state index in [0.29, 0.717) is 11.1 Å². The van der Waals surface area contributed by atoms with E-state index in [1.807, 2.05) is 0 Å². The number of hydrogen-bond donors (Lipinski definition) is 0. The fourth-order valence-corrected chi connectivity index (χ4v) is 1.34. The molecule has 1 aromatic carbocycles. The topological polar surface area (TPSA) is 0 Å². The van der Waals surface area contributed by atoms with E-state index in [0.717, 1.165) is 0 Å². The Balaban J connectivity index is 3.41. The second-order valence-electron chi connectivity index (χ2n) is 3.05. The van der Waals surface area contributed by atoms with E-state index < -0.39 is 11.6 Å². The van der Waals surface area contributed by atoms with Crippen LogP contribution in [0.1, 0.15) is 18.1 Å². The van der Waals surface area contributed by atoms with Crippen molar-refractivity contribution in [2.45, 2.75) is 13.8 Å². The SMILES string of the molecule is C=CC(=CC)c1c(F)cc(C)cc1F. The molecule has 0 aliphatic rings. The normalized spacial score (nSPS) is 11.6. The quantitative estimate of drug-likeness (QED) is 0.627. The first-order valence-corrected chi connectivity index (χ1v) is 4.35. The van der Waals surface area contributed by atoms with Gasteiger partial charge in [-0.3, -0.25) is 0 Å². The van der Waals surface area contributed by atoms with Gasteiger partial charge in [0.2, 0.25) is 0 Å². The first-order valence-electron chi connectivity index (χ1n) is 4.35. The lowest BCUT2D eigenvalue weighted by atomic mass is 10.0. The molecule has 1 rings (SSSR count). The third-order valence-electron chi connectivity index (χ3n) is 2.01. The van der Waals surface area contributed by atoms with E-state index in [1.54, 1.807) is 19.9 Å². The van der Waals surface area contributed by atoms with Gasteiger partial charge >= 0.3 is 0 Å². The molecule has 0 aromatic heterocycles.